The number of aliphatic hydroxyl groups is 2. The Bertz CT molecular complexity index is 149. The zero-order valence-electron chi connectivity index (χ0n) is 12.1. The Morgan fingerprint density at radius 3 is 1.33 bits per heavy atom. The predicted molar refractivity (Wildman–Crippen MR) is 70.2 cm³/mol. The molecular formula is C12H27NO5. The van der Waals surface area contributed by atoms with Crippen molar-refractivity contribution in [3.05, 3.63) is 0 Å². The summed E-state index contributed by atoms with van der Waals surface area (Å²) in [5, 5.41) is 21.9. The van der Waals surface area contributed by atoms with E-state index in [2.05, 4.69) is 0 Å². The van der Waals surface area contributed by atoms with E-state index >= 15 is 0 Å². The molecule has 6 nitrogen and oxygen atoms in total. The lowest BCUT2D eigenvalue weighted by Crippen LogP contribution is -2.16. The minimum absolute atomic E-state index is 0.167. The minimum Gasteiger partial charge on any atom is -0.400 e. The summed E-state index contributed by atoms with van der Waals surface area (Å²) in [6, 6.07) is 1.75. The SMILES string of the molecule is C1COCCO1.CC#N.CC(C)=O.CCO.CO. The zero-order chi connectivity index (χ0) is 15.2. The Hall–Kier alpha value is -1.00. The summed E-state index contributed by atoms with van der Waals surface area (Å²) >= 11 is 0. The number of hydrogen-bond acceptors (Lipinski definition) is 6. The van der Waals surface area contributed by atoms with Crippen LogP contribution in [0.1, 0.15) is 27.7 Å². The second-order valence-electron chi connectivity index (χ2n) is 2.67. The second-order valence-corrected chi connectivity index (χ2v) is 2.67. The van der Waals surface area contributed by atoms with E-state index in [9.17, 15) is 4.79 Å². The van der Waals surface area contributed by atoms with Crippen molar-refractivity contribution in [3.63, 3.8) is 0 Å². The van der Waals surface area contributed by atoms with Gasteiger partial charge in [-0.15, -0.1) is 0 Å². The van der Waals surface area contributed by atoms with Gasteiger partial charge in [0, 0.05) is 20.6 Å². The Morgan fingerprint density at radius 2 is 1.28 bits per heavy atom. The molecule has 1 fully saturated rings. The number of Topliss-reactive ketones (excluding diaryl/α,β-unsaturated/α-hetero) is 1. The molecule has 0 aliphatic carbocycles. The van der Waals surface area contributed by atoms with Crippen LogP contribution in [0.15, 0.2) is 0 Å². The van der Waals surface area contributed by atoms with Crippen molar-refractivity contribution in [2.45, 2.75) is 27.7 Å². The highest BCUT2D eigenvalue weighted by molar-refractivity contribution is 5.72. The monoisotopic (exact) mass is 265 g/mol. The van der Waals surface area contributed by atoms with Gasteiger partial charge in [0.05, 0.1) is 32.5 Å². The maximum atomic E-state index is 9.44. The minimum atomic E-state index is 0.167. The fourth-order valence-corrected chi connectivity index (χ4v) is 0.440. The maximum Gasteiger partial charge on any atom is 0.126 e. The molecule has 0 unspecified atom stereocenters. The van der Waals surface area contributed by atoms with Crippen LogP contribution in [0.3, 0.4) is 0 Å². The highest BCUT2D eigenvalue weighted by atomic mass is 16.6. The topological polar surface area (TPSA) is 99.8 Å². The summed E-state index contributed by atoms with van der Waals surface area (Å²) in [5.41, 5.74) is 0. The quantitative estimate of drug-likeness (QED) is 0.671. The summed E-state index contributed by atoms with van der Waals surface area (Å²) in [6.07, 6.45) is 0. The van der Waals surface area contributed by atoms with E-state index in [1.807, 2.05) is 0 Å². The Kier molecular flexibility index (Phi) is 51.5. The number of hydrogen-bond donors (Lipinski definition) is 2. The first kappa shape index (κ1) is 25.8. The first-order valence-electron chi connectivity index (χ1n) is 5.55. The Morgan fingerprint density at radius 1 is 1.17 bits per heavy atom. The van der Waals surface area contributed by atoms with Gasteiger partial charge in [0.2, 0.25) is 0 Å². The van der Waals surface area contributed by atoms with Crippen LogP contribution in [-0.2, 0) is 14.3 Å². The molecule has 0 radical (unpaired) electrons. The number of carbonyl (C=O) groups is 1. The highest BCUT2D eigenvalue weighted by Crippen LogP contribution is 1.85. The van der Waals surface area contributed by atoms with Gasteiger partial charge in [-0.2, -0.15) is 5.26 Å². The maximum absolute atomic E-state index is 9.44. The molecule has 0 bridgehead atoms. The largest absolute Gasteiger partial charge is 0.400 e. The summed E-state index contributed by atoms with van der Waals surface area (Å²) < 4.78 is 9.89. The lowest BCUT2D eigenvalue weighted by molar-refractivity contribution is -0.114. The lowest BCUT2D eigenvalue weighted by Gasteiger charge is -2.09. The van der Waals surface area contributed by atoms with Crippen LogP contribution in [0.5, 0.6) is 0 Å². The van der Waals surface area contributed by atoms with Gasteiger partial charge in [0.15, 0.2) is 0 Å². The number of ketones is 1. The summed E-state index contributed by atoms with van der Waals surface area (Å²) in [5.74, 6) is 0.167. The molecule has 0 aromatic carbocycles. The fourth-order valence-electron chi connectivity index (χ4n) is 0.440. The third kappa shape index (κ3) is 118. The van der Waals surface area contributed by atoms with Gasteiger partial charge in [-0.1, -0.05) is 0 Å². The number of rotatable bonds is 0. The van der Waals surface area contributed by atoms with E-state index in [0.29, 0.717) is 0 Å². The lowest BCUT2D eigenvalue weighted by atomic mass is 10.6. The average Bonchev–Trinajstić information content (AvgIpc) is 2.35. The molecule has 110 valence electrons. The van der Waals surface area contributed by atoms with Crippen LogP contribution < -0.4 is 0 Å². The van der Waals surface area contributed by atoms with Gasteiger partial charge >= 0.3 is 0 Å². The van der Waals surface area contributed by atoms with Crippen molar-refractivity contribution in [2.75, 3.05) is 40.1 Å². The van der Waals surface area contributed by atoms with Gasteiger partial charge in [0.1, 0.15) is 5.78 Å². The van der Waals surface area contributed by atoms with Crippen molar-refractivity contribution < 1.29 is 24.5 Å². The second kappa shape index (κ2) is 36.0. The van der Waals surface area contributed by atoms with Crippen molar-refractivity contribution in [2.24, 2.45) is 0 Å². The smallest absolute Gasteiger partial charge is 0.126 e. The van der Waals surface area contributed by atoms with Crippen LogP contribution in [0.2, 0.25) is 0 Å². The molecule has 18 heavy (non-hydrogen) atoms. The molecule has 1 aliphatic rings. The van der Waals surface area contributed by atoms with E-state index in [1.54, 1.807) is 13.0 Å². The van der Waals surface area contributed by atoms with Gasteiger partial charge in [0.25, 0.3) is 0 Å². The molecule has 1 aliphatic heterocycles. The molecule has 0 aromatic heterocycles. The van der Waals surface area contributed by atoms with E-state index in [0.717, 1.165) is 33.5 Å². The molecule has 0 aromatic rings. The van der Waals surface area contributed by atoms with Crippen LogP contribution in [0, 0.1) is 11.3 Å². The van der Waals surface area contributed by atoms with E-state index in [4.69, 9.17) is 24.9 Å². The van der Waals surface area contributed by atoms with Gasteiger partial charge < -0.3 is 24.5 Å². The fraction of sp³-hybridized carbons (Fsp3) is 0.833. The van der Waals surface area contributed by atoms with Crippen LogP contribution in [0.4, 0.5) is 0 Å². The normalized spacial score (nSPS) is 11.2. The predicted octanol–water partition coefficient (Wildman–Crippen LogP) is 0.765. The molecule has 1 rings (SSSR count). The Balaban J connectivity index is -0.0000000730. The molecule has 1 heterocycles. The van der Waals surface area contributed by atoms with Crippen LogP contribution >= 0.6 is 0 Å². The summed E-state index contributed by atoms with van der Waals surface area (Å²) in [6.45, 7) is 9.53. The molecular weight excluding hydrogens is 238 g/mol. The van der Waals surface area contributed by atoms with E-state index in [-0.39, 0.29) is 12.4 Å². The first-order valence-corrected chi connectivity index (χ1v) is 5.55. The van der Waals surface area contributed by atoms with Crippen molar-refractivity contribution in [3.8, 4) is 6.07 Å². The highest BCUT2D eigenvalue weighted by Gasteiger charge is 1.94. The van der Waals surface area contributed by atoms with Gasteiger partial charge in [-0.05, 0) is 20.8 Å². The van der Waals surface area contributed by atoms with Crippen LogP contribution in [-0.4, -0.2) is 56.1 Å². The average molecular weight is 265 g/mol. The standard InChI is InChI=1S/C4H8O2.C3H6O.C2H3N.C2H6O.CH4O/c1-2-6-4-3-5-1;1-3(2)4;2*1-2-3;1-2/h1-4H2;1-2H3;1H3;3H,2H2,1H3;2H,1H3. The summed E-state index contributed by atoms with van der Waals surface area (Å²) in [4.78, 5) is 9.44. The molecule has 0 spiro atoms. The Labute approximate surface area is 110 Å². The van der Waals surface area contributed by atoms with Crippen LogP contribution in [0.25, 0.3) is 0 Å². The summed E-state index contributed by atoms with van der Waals surface area (Å²) in [7, 11) is 1.00. The number of carbonyl (C=O) groups excluding carboxylic acids is 1. The molecule has 2 N–H and O–H groups in total. The van der Waals surface area contributed by atoms with Gasteiger partial charge in [-0.3, -0.25) is 0 Å². The third-order valence-corrected chi connectivity index (χ3v) is 0.744. The number of aliphatic hydroxyl groups excluding tert-OH is 2. The van der Waals surface area contributed by atoms with E-state index < -0.39 is 0 Å². The molecule has 0 saturated carbocycles. The van der Waals surface area contributed by atoms with E-state index in [1.165, 1.54) is 20.8 Å². The number of nitriles is 1. The van der Waals surface area contributed by atoms with Crippen molar-refractivity contribution >= 4 is 5.78 Å². The first-order chi connectivity index (χ1) is 8.56. The van der Waals surface area contributed by atoms with Crippen molar-refractivity contribution in [1.29, 1.82) is 5.26 Å². The molecule has 0 atom stereocenters. The number of ether oxygens (including phenoxy) is 2. The molecule has 1 saturated heterocycles. The zero-order valence-corrected chi connectivity index (χ0v) is 12.1. The van der Waals surface area contributed by atoms with Crippen molar-refractivity contribution in [1.82, 2.24) is 0 Å². The molecule has 6 heteroatoms. The number of nitrogens with zero attached hydrogens (tertiary/aromatic N) is 1. The third-order valence-electron chi connectivity index (χ3n) is 0.744. The van der Waals surface area contributed by atoms with Gasteiger partial charge in [-0.25, -0.2) is 0 Å². The molecule has 0 amide bonds.